The summed E-state index contributed by atoms with van der Waals surface area (Å²) < 4.78 is 16.7. The Hall–Kier alpha value is -2.15. The van der Waals surface area contributed by atoms with Crippen molar-refractivity contribution in [2.24, 2.45) is 0 Å². The summed E-state index contributed by atoms with van der Waals surface area (Å²) >= 11 is 0. The fourth-order valence-electron chi connectivity index (χ4n) is 4.79. The van der Waals surface area contributed by atoms with Crippen molar-refractivity contribution in [2.45, 2.75) is 24.4 Å². The van der Waals surface area contributed by atoms with Gasteiger partial charge in [-0.2, -0.15) is 5.01 Å². The maximum absolute atomic E-state index is 6.02. The van der Waals surface area contributed by atoms with Crippen LogP contribution in [0.2, 0.25) is 0 Å². The summed E-state index contributed by atoms with van der Waals surface area (Å²) in [5.41, 5.74) is 8.63. The highest BCUT2D eigenvalue weighted by Gasteiger charge is 2.45. The summed E-state index contributed by atoms with van der Waals surface area (Å²) in [4.78, 5) is 0. The molecule has 31 heavy (non-hydrogen) atoms. The van der Waals surface area contributed by atoms with Crippen LogP contribution in [0.25, 0.3) is 0 Å². The highest BCUT2D eigenvalue weighted by atomic mass is 35.5. The number of allylic oxidation sites excluding steroid dienone is 2. The minimum atomic E-state index is -0.147. The third-order valence-electron chi connectivity index (χ3n) is 6.43. The largest absolute Gasteiger partial charge is 0.356 e. The molecular formula is C25H29ClN2O3. The van der Waals surface area contributed by atoms with Crippen LogP contribution in [0, 0.1) is 0 Å². The maximum Gasteiger partial charge on any atom is 0.146 e. The van der Waals surface area contributed by atoms with E-state index in [4.69, 9.17) is 14.2 Å². The first-order valence-electron chi connectivity index (χ1n) is 10.6. The quantitative estimate of drug-likeness (QED) is 0.756. The number of nitrogens with one attached hydrogen (secondary N) is 1. The van der Waals surface area contributed by atoms with Crippen LogP contribution in [0.3, 0.4) is 0 Å². The lowest BCUT2D eigenvalue weighted by Crippen LogP contribution is -2.40. The number of nitrogens with zero attached hydrogens (tertiary/aromatic N) is 1. The lowest BCUT2D eigenvalue weighted by atomic mass is 9.62. The fourth-order valence-corrected chi connectivity index (χ4v) is 4.79. The van der Waals surface area contributed by atoms with E-state index in [-0.39, 0.29) is 29.8 Å². The van der Waals surface area contributed by atoms with Crippen molar-refractivity contribution in [3.8, 4) is 0 Å². The van der Waals surface area contributed by atoms with Gasteiger partial charge in [0.25, 0.3) is 0 Å². The van der Waals surface area contributed by atoms with E-state index in [1.165, 1.54) is 22.4 Å². The molecule has 0 aromatic heterocycles. The monoisotopic (exact) mass is 440 g/mol. The number of hydrogen-bond acceptors (Lipinski definition) is 5. The lowest BCUT2D eigenvalue weighted by Gasteiger charge is -2.41. The van der Waals surface area contributed by atoms with E-state index >= 15 is 0 Å². The van der Waals surface area contributed by atoms with Crippen LogP contribution in [0.1, 0.15) is 24.0 Å². The Labute approximate surface area is 190 Å². The Morgan fingerprint density at radius 1 is 1.03 bits per heavy atom. The first kappa shape index (κ1) is 22.1. The molecule has 0 saturated carbocycles. The van der Waals surface area contributed by atoms with E-state index in [0.717, 1.165) is 6.54 Å². The molecule has 0 spiro atoms. The van der Waals surface area contributed by atoms with Crippen LogP contribution in [0.5, 0.6) is 0 Å². The van der Waals surface area contributed by atoms with Crippen LogP contribution >= 0.6 is 12.4 Å². The average molecular weight is 441 g/mol. The second-order valence-electron chi connectivity index (χ2n) is 8.30. The van der Waals surface area contributed by atoms with Crippen LogP contribution in [0.4, 0.5) is 0 Å². The predicted molar refractivity (Wildman–Crippen MR) is 123 cm³/mol. The molecule has 0 bridgehead atoms. The molecule has 5 nitrogen and oxygen atoms in total. The second-order valence-corrected chi connectivity index (χ2v) is 8.30. The van der Waals surface area contributed by atoms with Crippen molar-refractivity contribution in [2.75, 3.05) is 33.3 Å². The van der Waals surface area contributed by atoms with E-state index in [2.05, 4.69) is 90.2 Å². The van der Waals surface area contributed by atoms with E-state index in [1.54, 1.807) is 0 Å². The van der Waals surface area contributed by atoms with Gasteiger partial charge < -0.3 is 19.6 Å². The van der Waals surface area contributed by atoms with Crippen molar-refractivity contribution < 1.29 is 14.2 Å². The number of benzene rings is 2. The molecule has 6 heteroatoms. The number of hydrazine groups is 1. The third kappa shape index (κ3) is 4.29. The first-order valence-corrected chi connectivity index (χ1v) is 10.6. The van der Waals surface area contributed by atoms with Crippen LogP contribution < -0.4 is 5.43 Å². The number of hydrogen-bond donors (Lipinski definition) is 1. The van der Waals surface area contributed by atoms with Crippen LogP contribution in [-0.4, -0.2) is 44.4 Å². The van der Waals surface area contributed by atoms with Gasteiger partial charge in [0, 0.05) is 17.9 Å². The van der Waals surface area contributed by atoms with E-state index in [1.807, 2.05) is 0 Å². The second kappa shape index (κ2) is 9.55. The average Bonchev–Trinajstić information content (AvgIpc) is 3.24. The summed E-state index contributed by atoms with van der Waals surface area (Å²) in [5.74, 6) is 0.266. The zero-order valence-electron chi connectivity index (χ0n) is 17.7. The standard InChI is InChI=1S/C25H28N2O3.ClH/c1-25(20-10-6-3-7-11-20)22(19-8-4-2-5-9-19)12-13-24-23(25)14-27(26-24)17-30-21-15-28-18-29-16-21;/h2-13,21-22,26H,14-18H2,1H3;1H. The summed E-state index contributed by atoms with van der Waals surface area (Å²) in [6, 6.07) is 21.6. The van der Waals surface area contributed by atoms with Gasteiger partial charge in [0.2, 0.25) is 0 Å². The zero-order chi connectivity index (χ0) is 20.4. The molecular weight excluding hydrogens is 412 g/mol. The van der Waals surface area contributed by atoms with E-state index in [0.29, 0.717) is 26.7 Å². The Morgan fingerprint density at radius 2 is 1.71 bits per heavy atom. The van der Waals surface area contributed by atoms with Gasteiger partial charge in [-0.15, -0.1) is 12.4 Å². The number of rotatable bonds is 5. The molecule has 0 amide bonds. The lowest BCUT2D eigenvalue weighted by molar-refractivity contribution is -0.180. The first-order chi connectivity index (χ1) is 14.7. The molecule has 164 valence electrons. The Kier molecular flexibility index (Phi) is 6.80. The Balaban J connectivity index is 0.00000231. The molecule has 0 radical (unpaired) electrons. The Bertz CT molecular complexity index is 928. The smallest absolute Gasteiger partial charge is 0.146 e. The molecule has 1 N–H and O–H groups in total. The van der Waals surface area contributed by atoms with Gasteiger partial charge in [-0.25, -0.2) is 0 Å². The van der Waals surface area contributed by atoms with Gasteiger partial charge in [0.1, 0.15) is 19.6 Å². The van der Waals surface area contributed by atoms with Crippen molar-refractivity contribution in [1.82, 2.24) is 10.4 Å². The highest BCUT2D eigenvalue weighted by Crippen LogP contribution is 2.50. The van der Waals surface area contributed by atoms with Gasteiger partial charge >= 0.3 is 0 Å². The molecule has 2 unspecified atom stereocenters. The topological polar surface area (TPSA) is 43.0 Å². The molecule has 3 aliphatic rings. The highest BCUT2D eigenvalue weighted by molar-refractivity contribution is 5.85. The van der Waals surface area contributed by atoms with Gasteiger partial charge in [-0.05, 0) is 22.8 Å². The van der Waals surface area contributed by atoms with Gasteiger partial charge in [0.15, 0.2) is 0 Å². The van der Waals surface area contributed by atoms with Crippen LogP contribution in [-0.2, 0) is 19.6 Å². The van der Waals surface area contributed by atoms with E-state index < -0.39 is 0 Å². The molecule has 2 heterocycles. The summed E-state index contributed by atoms with van der Waals surface area (Å²) in [7, 11) is 0. The summed E-state index contributed by atoms with van der Waals surface area (Å²) in [6.45, 7) is 5.19. The summed E-state index contributed by atoms with van der Waals surface area (Å²) in [5, 5.41) is 2.14. The van der Waals surface area contributed by atoms with Gasteiger partial charge in [-0.3, -0.25) is 0 Å². The maximum atomic E-state index is 6.02. The van der Waals surface area contributed by atoms with Crippen molar-refractivity contribution >= 4 is 12.4 Å². The zero-order valence-corrected chi connectivity index (χ0v) is 18.5. The SMILES string of the molecule is CC1(c2ccccc2)C2=C(C=CC1c1ccccc1)NN(COC1COCOC1)C2.Cl. The molecule has 2 atom stereocenters. The molecule has 1 fully saturated rings. The van der Waals surface area contributed by atoms with Gasteiger partial charge in [-0.1, -0.05) is 73.7 Å². The molecule has 2 aromatic rings. The number of halogens is 1. The predicted octanol–water partition coefficient (Wildman–Crippen LogP) is 4.14. The Morgan fingerprint density at radius 3 is 2.42 bits per heavy atom. The fraction of sp³-hybridized carbons (Fsp3) is 0.360. The van der Waals surface area contributed by atoms with Crippen molar-refractivity contribution in [1.29, 1.82) is 0 Å². The molecule has 2 aromatic carbocycles. The molecule has 2 aliphatic heterocycles. The van der Waals surface area contributed by atoms with Crippen molar-refractivity contribution in [3.63, 3.8) is 0 Å². The summed E-state index contributed by atoms with van der Waals surface area (Å²) in [6.07, 6.45) is 4.54. The van der Waals surface area contributed by atoms with E-state index in [9.17, 15) is 0 Å². The normalized spacial score (nSPS) is 26.3. The van der Waals surface area contributed by atoms with Crippen LogP contribution in [0.15, 0.2) is 84.1 Å². The molecule has 1 saturated heterocycles. The molecule has 1 aliphatic carbocycles. The van der Waals surface area contributed by atoms with Gasteiger partial charge in [0.05, 0.1) is 18.9 Å². The minimum Gasteiger partial charge on any atom is -0.356 e. The number of ether oxygens (including phenoxy) is 3. The molecule has 5 rings (SSSR count). The third-order valence-corrected chi connectivity index (χ3v) is 6.43. The van der Waals surface area contributed by atoms with Crippen molar-refractivity contribution in [3.05, 3.63) is 95.2 Å². The minimum absolute atomic E-state index is 0.